The first kappa shape index (κ1) is 9.21. The summed E-state index contributed by atoms with van der Waals surface area (Å²) in [5.41, 5.74) is 0.304. The largest absolute Gasteiger partial charge is 0.279 e. The number of rotatable bonds is 3. The molecule has 0 radical (unpaired) electrons. The number of alkyl halides is 1. The van der Waals surface area contributed by atoms with E-state index in [-0.39, 0.29) is 0 Å². The molecule has 1 N–H and O–H groups in total. The number of nitrogens with zero attached hydrogens (tertiary/aromatic N) is 2. The fraction of sp³-hybridized carbons (Fsp3) is 0.200. The van der Waals surface area contributed by atoms with Crippen LogP contribution in [0, 0.1) is 0 Å². The van der Waals surface area contributed by atoms with E-state index in [1.54, 1.807) is 0 Å². The van der Waals surface area contributed by atoms with E-state index in [1.165, 1.54) is 18.7 Å². The molecule has 1 rings (SSSR count). The first-order chi connectivity index (χ1) is 5.64. The highest BCUT2D eigenvalue weighted by molar-refractivity contribution is 7.93. The monoisotopic (exact) mass is 207 g/mol. The minimum absolute atomic E-state index is 0.304. The van der Waals surface area contributed by atoms with Crippen LogP contribution in [0.3, 0.4) is 0 Å². The molecule has 7 heteroatoms. The van der Waals surface area contributed by atoms with Crippen LogP contribution in [0.1, 0.15) is 0 Å². The molecular weight excluding hydrogens is 202 g/mol. The molecule has 0 unspecified atom stereocenters. The van der Waals surface area contributed by atoms with Gasteiger partial charge in [0.05, 0.1) is 18.1 Å². The van der Waals surface area contributed by atoms with E-state index in [2.05, 4.69) is 14.7 Å². The normalized spacial score (nSPS) is 11.1. The molecule has 1 aromatic rings. The number of hydrogen-bond donors (Lipinski definition) is 1. The smallest absolute Gasteiger partial charge is 0.246 e. The van der Waals surface area contributed by atoms with Crippen LogP contribution in [0.2, 0.25) is 0 Å². The van der Waals surface area contributed by atoms with Crippen LogP contribution in [0.25, 0.3) is 0 Å². The number of halogens is 1. The molecule has 0 aromatic carbocycles. The zero-order chi connectivity index (χ0) is 9.03. The highest BCUT2D eigenvalue weighted by Crippen LogP contribution is 2.04. The molecule has 5 nitrogen and oxygen atoms in total. The molecule has 0 amide bonds. The van der Waals surface area contributed by atoms with E-state index in [1.807, 2.05) is 0 Å². The molecule has 1 heterocycles. The lowest BCUT2D eigenvalue weighted by atomic mass is 10.6. The van der Waals surface area contributed by atoms with Crippen molar-refractivity contribution in [2.24, 2.45) is 0 Å². The Kier molecular flexibility index (Phi) is 2.83. The van der Waals surface area contributed by atoms with Crippen molar-refractivity contribution < 1.29 is 8.42 Å². The topological polar surface area (TPSA) is 72.0 Å². The van der Waals surface area contributed by atoms with Crippen molar-refractivity contribution in [1.29, 1.82) is 0 Å². The van der Waals surface area contributed by atoms with Crippen molar-refractivity contribution in [2.75, 3.05) is 9.93 Å². The van der Waals surface area contributed by atoms with E-state index >= 15 is 0 Å². The standard InChI is InChI=1S/C5H6ClN3O2S/c6-3-12(10,11)9-5-1-7-4-8-2-5/h1-2,4,9H,3H2. The predicted molar refractivity (Wildman–Crippen MR) is 45.3 cm³/mol. The van der Waals surface area contributed by atoms with E-state index in [9.17, 15) is 8.42 Å². The van der Waals surface area contributed by atoms with Crippen LogP contribution < -0.4 is 4.72 Å². The van der Waals surface area contributed by atoms with Crippen LogP contribution >= 0.6 is 11.6 Å². The summed E-state index contributed by atoms with van der Waals surface area (Å²) in [6.45, 7) is 0. The van der Waals surface area contributed by atoms with Crippen molar-refractivity contribution in [1.82, 2.24) is 9.97 Å². The Morgan fingerprint density at radius 2 is 2.00 bits per heavy atom. The third-order valence-corrected chi connectivity index (χ3v) is 2.67. The van der Waals surface area contributed by atoms with Crippen molar-refractivity contribution in [3.63, 3.8) is 0 Å². The lowest BCUT2D eigenvalue weighted by molar-refractivity contribution is 0.605. The molecule has 0 spiro atoms. The summed E-state index contributed by atoms with van der Waals surface area (Å²) < 4.78 is 23.9. The summed E-state index contributed by atoms with van der Waals surface area (Å²) in [4.78, 5) is 7.24. The Bertz CT molecular complexity index is 339. The van der Waals surface area contributed by atoms with Gasteiger partial charge in [-0.05, 0) is 0 Å². The zero-order valence-corrected chi connectivity index (χ0v) is 7.51. The van der Waals surface area contributed by atoms with Crippen LogP contribution in [0.4, 0.5) is 5.69 Å². The lowest BCUT2D eigenvalue weighted by Crippen LogP contribution is -2.13. The van der Waals surface area contributed by atoms with Gasteiger partial charge in [-0.2, -0.15) is 0 Å². The van der Waals surface area contributed by atoms with Crippen molar-refractivity contribution in [3.8, 4) is 0 Å². The van der Waals surface area contributed by atoms with E-state index in [4.69, 9.17) is 11.6 Å². The summed E-state index contributed by atoms with van der Waals surface area (Å²) in [5, 5.41) is -0.484. The van der Waals surface area contributed by atoms with E-state index in [0.717, 1.165) is 0 Å². The molecule has 0 bridgehead atoms. The molecule has 1 aromatic heterocycles. The fourth-order valence-electron chi connectivity index (χ4n) is 0.559. The zero-order valence-electron chi connectivity index (χ0n) is 5.94. The predicted octanol–water partition coefficient (Wildman–Crippen LogP) is 0.415. The van der Waals surface area contributed by atoms with Crippen LogP contribution in [0.5, 0.6) is 0 Å². The quantitative estimate of drug-likeness (QED) is 0.729. The molecule has 0 atom stereocenters. The van der Waals surface area contributed by atoms with Gasteiger partial charge in [0.2, 0.25) is 10.0 Å². The summed E-state index contributed by atoms with van der Waals surface area (Å²) in [6.07, 6.45) is 3.99. The average Bonchev–Trinajstić information content (AvgIpc) is 2.06. The number of nitrogens with one attached hydrogen (secondary N) is 1. The van der Waals surface area contributed by atoms with Crippen molar-refractivity contribution in [3.05, 3.63) is 18.7 Å². The molecule has 0 aliphatic heterocycles. The van der Waals surface area contributed by atoms with Gasteiger partial charge in [0.1, 0.15) is 11.5 Å². The van der Waals surface area contributed by atoms with Crippen LogP contribution in [0.15, 0.2) is 18.7 Å². The maximum atomic E-state index is 10.9. The Morgan fingerprint density at radius 3 is 2.50 bits per heavy atom. The number of sulfonamides is 1. The SMILES string of the molecule is O=S(=O)(CCl)Nc1cncnc1. The summed E-state index contributed by atoms with van der Waals surface area (Å²) in [6, 6.07) is 0. The highest BCUT2D eigenvalue weighted by atomic mass is 35.5. The third-order valence-electron chi connectivity index (χ3n) is 0.978. The van der Waals surface area contributed by atoms with Gasteiger partial charge in [0.15, 0.2) is 0 Å². The lowest BCUT2D eigenvalue weighted by Gasteiger charge is -2.02. The first-order valence-corrected chi connectivity index (χ1v) is 5.14. The second kappa shape index (κ2) is 3.68. The number of hydrogen-bond acceptors (Lipinski definition) is 4. The van der Waals surface area contributed by atoms with Crippen molar-refractivity contribution in [2.45, 2.75) is 0 Å². The summed E-state index contributed by atoms with van der Waals surface area (Å²) in [5.74, 6) is 0. The van der Waals surface area contributed by atoms with Gasteiger partial charge >= 0.3 is 0 Å². The molecule has 0 aliphatic rings. The number of aromatic nitrogens is 2. The highest BCUT2D eigenvalue weighted by Gasteiger charge is 2.07. The minimum Gasteiger partial charge on any atom is -0.279 e. The summed E-state index contributed by atoms with van der Waals surface area (Å²) in [7, 11) is -3.44. The van der Waals surface area contributed by atoms with E-state index < -0.39 is 15.2 Å². The maximum absolute atomic E-state index is 10.9. The first-order valence-electron chi connectivity index (χ1n) is 2.95. The van der Waals surface area contributed by atoms with Gasteiger partial charge in [-0.15, -0.1) is 11.6 Å². The van der Waals surface area contributed by atoms with Gasteiger partial charge in [-0.1, -0.05) is 0 Å². The fourth-order valence-corrected chi connectivity index (χ4v) is 1.24. The molecule has 0 saturated heterocycles. The Labute approximate surface area is 74.8 Å². The van der Waals surface area contributed by atoms with Crippen molar-refractivity contribution >= 4 is 27.3 Å². The molecule has 0 fully saturated rings. The second-order valence-corrected chi connectivity index (χ2v) is 4.26. The average molecular weight is 208 g/mol. The second-order valence-electron chi connectivity index (χ2n) is 1.95. The third kappa shape index (κ3) is 2.63. The van der Waals surface area contributed by atoms with E-state index in [0.29, 0.717) is 5.69 Å². The number of anilines is 1. The molecule has 0 aliphatic carbocycles. The van der Waals surface area contributed by atoms with Gasteiger partial charge in [0.25, 0.3) is 0 Å². The van der Waals surface area contributed by atoms with Crippen LogP contribution in [-0.4, -0.2) is 23.6 Å². The molecule has 66 valence electrons. The van der Waals surface area contributed by atoms with Crippen LogP contribution in [-0.2, 0) is 10.0 Å². The van der Waals surface area contributed by atoms with Gasteiger partial charge < -0.3 is 0 Å². The molecule has 0 saturated carbocycles. The van der Waals surface area contributed by atoms with Gasteiger partial charge in [-0.3, -0.25) is 4.72 Å². The van der Waals surface area contributed by atoms with Gasteiger partial charge in [0, 0.05) is 0 Å². The summed E-state index contributed by atoms with van der Waals surface area (Å²) >= 11 is 5.15. The Hall–Kier alpha value is -0.880. The van der Waals surface area contributed by atoms with Gasteiger partial charge in [-0.25, -0.2) is 18.4 Å². The Balaban J connectivity index is 2.78. The minimum atomic E-state index is -3.44. The maximum Gasteiger partial charge on any atom is 0.246 e. The molecule has 12 heavy (non-hydrogen) atoms. The Morgan fingerprint density at radius 1 is 1.42 bits per heavy atom. The molecular formula is C5H6ClN3O2S.